The summed E-state index contributed by atoms with van der Waals surface area (Å²) in [5.74, 6) is -1.73. The zero-order chi connectivity index (χ0) is 24.7. The van der Waals surface area contributed by atoms with E-state index in [1.54, 1.807) is 19.0 Å². The first kappa shape index (κ1) is 25.2. The number of carbonyl (C=O) groups is 3. The standard InChI is InChI=1S/C26H33N3O5/c1-4-5-14-22(25(31)32)27-24(30)23(15-29(2)3)28-26(33)34-16-21-19-12-8-6-10-17(19)18-11-7-9-13-20(18)21/h6-13,21-23H,4-5,14-16H2,1-3H3,(H,27,30)(H,28,33)(H,31,32)/t22-,23-/m0/s1. The van der Waals surface area contributed by atoms with E-state index in [1.165, 1.54) is 0 Å². The first-order chi connectivity index (χ1) is 16.3. The maximum absolute atomic E-state index is 12.8. The number of nitrogens with one attached hydrogen (secondary N) is 2. The first-order valence-corrected chi connectivity index (χ1v) is 11.6. The van der Waals surface area contributed by atoms with Gasteiger partial charge in [-0.15, -0.1) is 0 Å². The second-order valence-corrected chi connectivity index (χ2v) is 8.83. The van der Waals surface area contributed by atoms with Crippen LogP contribution in [0.1, 0.15) is 43.2 Å². The molecule has 0 bridgehead atoms. The Hall–Kier alpha value is -3.39. The predicted molar refractivity (Wildman–Crippen MR) is 130 cm³/mol. The molecular formula is C26H33N3O5. The van der Waals surface area contributed by atoms with Crippen LogP contribution in [0.25, 0.3) is 11.1 Å². The number of carboxylic acids is 1. The number of aliphatic carboxylic acids is 1. The van der Waals surface area contributed by atoms with Crippen LogP contribution in [0.2, 0.25) is 0 Å². The fraction of sp³-hybridized carbons (Fsp3) is 0.423. The summed E-state index contributed by atoms with van der Waals surface area (Å²) < 4.78 is 5.55. The van der Waals surface area contributed by atoms with E-state index in [9.17, 15) is 19.5 Å². The lowest BCUT2D eigenvalue weighted by molar-refractivity contribution is -0.142. The molecule has 0 heterocycles. The van der Waals surface area contributed by atoms with Gasteiger partial charge in [-0.1, -0.05) is 68.3 Å². The highest BCUT2D eigenvalue weighted by Gasteiger charge is 2.30. The van der Waals surface area contributed by atoms with Crippen LogP contribution in [0.4, 0.5) is 4.79 Å². The average molecular weight is 468 g/mol. The molecule has 2 atom stereocenters. The van der Waals surface area contributed by atoms with Crippen LogP contribution in [-0.4, -0.2) is 67.3 Å². The highest BCUT2D eigenvalue weighted by molar-refractivity contribution is 5.89. The third-order valence-electron chi connectivity index (χ3n) is 5.96. The SMILES string of the molecule is CCCC[C@H](NC(=O)[C@H](CN(C)C)NC(=O)OCC1c2ccccc2-c2ccccc21)C(=O)O. The number of unbranched alkanes of at least 4 members (excludes halogenated alkanes) is 1. The largest absolute Gasteiger partial charge is 0.480 e. The number of hydrogen-bond donors (Lipinski definition) is 3. The molecule has 2 aromatic carbocycles. The molecule has 0 aliphatic heterocycles. The lowest BCUT2D eigenvalue weighted by Crippen LogP contribution is -2.55. The highest BCUT2D eigenvalue weighted by atomic mass is 16.5. The van der Waals surface area contributed by atoms with Crippen molar-refractivity contribution in [1.82, 2.24) is 15.5 Å². The third kappa shape index (κ3) is 6.14. The topological polar surface area (TPSA) is 108 Å². The molecule has 1 aliphatic rings. The van der Waals surface area contributed by atoms with Gasteiger partial charge in [0, 0.05) is 12.5 Å². The van der Waals surface area contributed by atoms with Gasteiger partial charge < -0.3 is 25.4 Å². The Morgan fingerprint density at radius 2 is 1.56 bits per heavy atom. The van der Waals surface area contributed by atoms with Gasteiger partial charge in [0.25, 0.3) is 0 Å². The Bertz CT molecular complexity index is 978. The average Bonchev–Trinajstić information content (AvgIpc) is 3.13. The Morgan fingerprint density at radius 1 is 0.971 bits per heavy atom. The molecule has 2 aromatic rings. The highest BCUT2D eigenvalue weighted by Crippen LogP contribution is 2.44. The van der Waals surface area contributed by atoms with E-state index in [1.807, 2.05) is 43.3 Å². The van der Waals surface area contributed by atoms with Crippen molar-refractivity contribution >= 4 is 18.0 Å². The maximum atomic E-state index is 12.8. The van der Waals surface area contributed by atoms with Crippen molar-refractivity contribution in [3.05, 3.63) is 59.7 Å². The minimum atomic E-state index is -1.09. The van der Waals surface area contributed by atoms with Crippen molar-refractivity contribution in [1.29, 1.82) is 0 Å². The van der Waals surface area contributed by atoms with E-state index in [0.29, 0.717) is 12.8 Å². The molecule has 0 fully saturated rings. The molecule has 0 aromatic heterocycles. The molecule has 2 amide bonds. The van der Waals surface area contributed by atoms with Gasteiger partial charge in [-0.05, 0) is 42.8 Å². The van der Waals surface area contributed by atoms with Crippen molar-refractivity contribution in [3.8, 4) is 11.1 Å². The van der Waals surface area contributed by atoms with E-state index in [4.69, 9.17) is 4.74 Å². The minimum absolute atomic E-state index is 0.0929. The number of nitrogens with zero attached hydrogens (tertiary/aromatic N) is 1. The fourth-order valence-corrected chi connectivity index (χ4v) is 4.28. The molecule has 8 heteroatoms. The van der Waals surface area contributed by atoms with E-state index in [2.05, 4.69) is 22.8 Å². The molecule has 0 unspecified atom stereocenters. The molecule has 3 rings (SSSR count). The van der Waals surface area contributed by atoms with E-state index in [-0.39, 0.29) is 19.1 Å². The van der Waals surface area contributed by atoms with Crippen molar-refractivity contribution < 1.29 is 24.2 Å². The molecular weight excluding hydrogens is 434 g/mol. The Morgan fingerprint density at radius 3 is 2.09 bits per heavy atom. The molecule has 182 valence electrons. The molecule has 0 saturated heterocycles. The predicted octanol–water partition coefficient (Wildman–Crippen LogP) is 3.21. The van der Waals surface area contributed by atoms with Crippen molar-refractivity contribution in [2.75, 3.05) is 27.2 Å². The quantitative estimate of drug-likeness (QED) is 0.468. The minimum Gasteiger partial charge on any atom is -0.480 e. The number of ether oxygens (including phenoxy) is 1. The number of benzene rings is 2. The van der Waals surface area contributed by atoms with E-state index >= 15 is 0 Å². The second-order valence-electron chi connectivity index (χ2n) is 8.83. The summed E-state index contributed by atoms with van der Waals surface area (Å²) in [6, 6.07) is 14.1. The van der Waals surface area contributed by atoms with E-state index < -0.39 is 30.1 Å². The third-order valence-corrected chi connectivity index (χ3v) is 5.96. The van der Waals surface area contributed by atoms with Crippen LogP contribution in [0.5, 0.6) is 0 Å². The van der Waals surface area contributed by atoms with Gasteiger partial charge in [0.15, 0.2) is 0 Å². The van der Waals surface area contributed by atoms with Crippen LogP contribution in [0.3, 0.4) is 0 Å². The molecule has 1 aliphatic carbocycles. The Labute approximate surface area is 200 Å². The smallest absolute Gasteiger partial charge is 0.407 e. The number of fused-ring (bicyclic) bond motifs is 3. The molecule has 0 saturated carbocycles. The maximum Gasteiger partial charge on any atom is 0.407 e. The monoisotopic (exact) mass is 467 g/mol. The number of carbonyl (C=O) groups excluding carboxylic acids is 2. The Balaban J connectivity index is 1.65. The van der Waals surface area contributed by atoms with Crippen molar-refractivity contribution in [2.24, 2.45) is 0 Å². The summed E-state index contributed by atoms with van der Waals surface area (Å²) in [6.07, 6.45) is 1.11. The van der Waals surface area contributed by atoms with Crippen LogP contribution in [0, 0.1) is 0 Å². The lowest BCUT2D eigenvalue weighted by atomic mass is 9.98. The number of likely N-dealkylation sites (N-methyl/N-ethyl adjacent to an activating group) is 1. The summed E-state index contributed by atoms with van der Waals surface area (Å²) in [5, 5.41) is 14.6. The first-order valence-electron chi connectivity index (χ1n) is 11.6. The number of amides is 2. The van der Waals surface area contributed by atoms with Crippen LogP contribution in [-0.2, 0) is 14.3 Å². The fourth-order valence-electron chi connectivity index (χ4n) is 4.28. The van der Waals surface area contributed by atoms with Gasteiger partial charge in [0.05, 0.1) is 0 Å². The number of alkyl carbamates (subject to hydrolysis) is 1. The lowest BCUT2D eigenvalue weighted by Gasteiger charge is -2.24. The van der Waals surface area contributed by atoms with Gasteiger partial charge in [-0.3, -0.25) is 4.79 Å². The molecule has 0 spiro atoms. The number of carboxylic acid groups (broad SMARTS) is 1. The zero-order valence-electron chi connectivity index (χ0n) is 19.9. The molecule has 0 radical (unpaired) electrons. The van der Waals surface area contributed by atoms with Gasteiger partial charge in [-0.25, -0.2) is 9.59 Å². The second kappa shape index (κ2) is 11.7. The normalized spacial score (nSPS) is 14.1. The van der Waals surface area contributed by atoms with Crippen LogP contribution >= 0.6 is 0 Å². The van der Waals surface area contributed by atoms with Crippen molar-refractivity contribution in [2.45, 2.75) is 44.2 Å². The van der Waals surface area contributed by atoms with Crippen LogP contribution < -0.4 is 10.6 Å². The van der Waals surface area contributed by atoms with Gasteiger partial charge >= 0.3 is 12.1 Å². The van der Waals surface area contributed by atoms with Crippen LogP contribution in [0.15, 0.2) is 48.5 Å². The van der Waals surface area contributed by atoms with E-state index in [0.717, 1.165) is 28.7 Å². The van der Waals surface area contributed by atoms with Crippen molar-refractivity contribution in [3.63, 3.8) is 0 Å². The zero-order valence-corrected chi connectivity index (χ0v) is 19.9. The number of rotatable bonds is 11. The molecule has 3 N–H and O–H groups in total. The van der Waals surface area contributed by atoms with Gasteiger partial charge in [0.1, 0.15) is 18.7 Å². The Kier molecular flexibility index (Phi) is 8.65. The van der Waals surface area contributed by atoms with Gasteiger partial charge in [0.2, 0.25) is 5.91 Å². The number of hydrogen-bond acceptors (Lipinski definition) is 5. The summed E-state index contributed by atoms with van der Waals surface area (Å²) in [4.78, 5) is 38.7. The summed E-state index contributed by atoms with van der Waals surface area (Å²) in [7, 11) is 3.54. The molecule has 34 heavy (non-hydrogen) atoms. The summed E-state index contributed by atoms with van der Waals surface area (Å²) in [5.41, 5.74) is 4.45. The van der Waals surface area contributed by atoms with Gasteiger partial charge in [-0.2, -0.15) is 0 Å². The summed E-state index contributed by atoms with van der Waals surface area (Å²) in [6.45, 7) is 2.29. The summed E-state index contributed by atoms with van der Waals surface area (Å²) >= 11 is 0. The molecule has 8 nitrogen and oxygen atoms in total.